The van der Waals surface area contributed by atoms with Gasteiger partial charge in [-0.3, -0.25) is 10.9 Å². The zero-order valence-electron chi connectivity index (χ0n) is 11.2. The first-order valence-corrected chi connectivity index (χ1v) is 6.70. The number of anilines is 1. The Morgan fingerprint density at radius 3 is 2.63 bits per heavy atom. The lowest BCUT2D eigenvalue weighted by molar-refractivity contribution is 0.466. The highest BCUT2D eigenvalue weighted by Crippen LogP contribution is 2.20. The first-order valence-electron chi connectivity index (χ1n) is 6.70. The van der Waals surface area contributed by atoms with Gasteiger partial charge >= 0.3 is 0 Å². The molecule has 5 nitrogen and oxygen atoms in total. The van der Waals surface area contributed by atoms with Gasteiger partial charge in [0.05, 0.1) is 5.52 Å². The zero-order valence-corrected chi connectivity index (χ0v) is 11.2. The third-order valence-electron chi connectivity index (χ3n) is 3.87. The second-order valence-corrected chi connectivity index (χ2v) is 5.15. The van der Waals surface area contributed by atoms with Crippen LogP contribution in [0.1, 0.15) is 13.8 Å². The SMILES string of the molecule is CC1NNC(C)C1CNc1ncnc2ccccc12. The molecule has 1 aromatic heterocycles. The van der Waals surface area contributed by atoms with Crippen molar-refractivity contribution in [3.05, 3.63) is 30.6 Å². The van der Waals surface area contributed by atoms with E-state index in [-0.39, 0.29) is 0 Å². The molecule has 100 valence electrons. The van der Waals surface area contributed by atoms with Crippen molar-refractivity contribution in [1.29, 1.82) is 0 Å². The Hall–Kier alpha value is -1.72. The van der Waals surface area contributed by atoms with Gasteiger partial charge in [0, 0.05) is 29.9 Å². The van der Waals surface area contributed by atoms with E-state index in [0.29, 0.717) is 18.0 Å². The number of nitrogens with one attached hydrogen (secondary N) is 3. The number of rotatable bonds is 3. The second-order valence-electron chi connectivity index (χ2n) is 5.15. The standard InChI is InChI=1S/C14H19N5/c1-9-12(10(2)19-18-9)7-15-14-11-5-3-4-6-13(11)16-8-17-14/h3-6,8-10,12,18-19H,7H2,1-2H3,(H,15,16,17). The normalized spacial score (nSPS) is 26.7. The Kier molecular flexibility index (Phi) is 3.31. The molecule has 0 saturated carbocycles. The predicted octanol–water partition coefficient (Wildman–Crippen LogP) is 1.54. The molecule has 1 aromatic carbocycles. The Bertz CT molecular complexity index is 555. The molecule has 0 spiro atoms. The van der Waals surface area contributed by atoms with Gasteiger partial charge < -0.3 is 5.32 Å². The van der Waals surface area contributed by atoms with Crippen LogP contribution in [0, 0.1) is 5.92 Å². The lowest BCUT2D eigenvalue weighted by atomic mass is 9.97. The maximum atomic E-state index is 4.35. The molecule has 3 N–H and O–H groups in total. The molecule has 1 aliphatic rings. The summed E-state index contributed by atoms with van der Waals surface area (Å²) in [6, 6.07) is 8.97. The van der Waals surface area contributed by atoms with Gasteiger partial charge in [-0.2, -0.15) is 0 Å². The monoisotopic (exact) mass is 257 g/mol. The van der Waals surface area contributed by atoms with Crippen LogP contribution in [0.25, 0.3) is 10.9 Å². The van der Waals surface area contributed by atoms with Gasteiger partial charge in [0.25, 0.3) is 0 Å². The predicted molar refractivity (Wildman–Crippen MR) is 76.7 cm³/mol. The van der Waals surface area contributed by atoms with Crippen molar-refractivity contribution < 1.29 is 0 Å². The van der Waals surface area contributed by atoms with E-state index in [4.69, 9.17) is 0 Å². The summed E-state index contributed by atoms with van der Waals surface area (Å²) in [6.45, 7) is 5.28. The summed E-state index contributed by atoms with van der Waals surface area (Å²) in [5.41, 5.74) is 7.52. The molecule has 3 rings (SSSR count). The minimum atomic E-state index is 0.454. The van der Waals surface area contributed by atoms with Crippen LogP contribution in [0.2, 0.25) is 0 Å². The number of aromatic nitrogens is 2. The molecule has 1 fully saturated rings. The quantitative estimate of drug-likeness (QED) is 0.778. The van der Waals surface area contributed by atoms with Crippen molar-refractivity contribution in [3.8, 4) is 0 Å². The van der Waals surface area contributed by atoms with Crippen LogP contribution in [-0.4, -0.2) is 28.6 Å². The molecule has 2 heterocycles. The largest absolute Gasteiger partial charge is 0.369 e. The van der Waals surface area contributed by atoms with Crippen molar-refractivity contribution in [2.75, 3.05) is 11.9 Å². The number of hydrogen-bond donors (Lipinski definition) is 3. The molecule has 1 saturated heterocycles. The maximum Gasteiger partial charge on any atom is 0.137 e. The first-order chi connectivity index (χ1) is 9.25. The molecule has 2 unspecified atom stereocenters. The fraction of sp³-hybridized carbons (Fsp3) is 0.429. The maximum absolute atomic E-state index is 4.35. The summed E-state index contributed by atoms with van der Waals surface area (Å²) in [5, 5.41) is 4.53. The molecule has 0 radical (unpaired) electrons. The van der Waals surface area contributed by atoms with Crippen LogP contribution in [0.3, 0.4) is 0 Å². The van der Waals surface area contributed by atoms with Gasteiger partial charge in [0.1, 0.15) is 12.1 Å². The van der Waals surface area contributed by atoms with Gasteiger partial charge in [0.2, 0.25) is 0 Å². The third-order valence-corrected chi connectivity index (χ3v) is 3.87. The molecule has 19 heavy (non-hydrogen) atoms. The van der Waals surface area contributed by atoms with Crippen molar-refractivity contribution in [2.24, 2.45) is 5.92 Å². The smallest absolute Gasteiger partial charge is 0.137 e. The molecular weight excluding hydrogens is 238 g/mol. The fourth-order valence-corrected chi connectivity index (χ4v) is 2.62. The molecule has 2 aromatic rings. The van der Waals surface area contributed by atoms with Crippen LogP contribution in [0.5, 0.6) is 0 Å². The van der Waals surface area contributed by atoms with Crippen molar-refractivity contribution in [1.82, 2.24) is 20.8 Å². The number of hydrazine groups is 1. The molecule has 0 bridgehead atoms. The third kappa shape index (κ3) is 2.39. The topological polar surface area (TPSA) is 61.9 Å². The summed E-state index contributed by atoms with van der Waals surface area (Å²) in [6.07, 6.45) is 1.61. The van der Waals surface area contributed by atoms with E-state index in [9.17, 15) is 0 Å². The minimum Gasteiger partial charge on any atom is -0.369 e. The highest BCUT2D eigenvalue weighted by atomic mass is 15.4. The van der Waals surface area contributed by atoms with Crippen molar-refractivity contribution in [3.63, 3.8) is 0 Å². The van der Waals surface area contributed by atoms with Crippen LogP contribution < -0.4 is 16.2 Å². The fourth-order valence-electron chi connectivity index (χ4n) is 2.62. The number of fused-ring (bicyclic) bond motifs is 1. The van der Waals surface area contributed by atoms with Gasteiger partial charge in [-0.15, -0.1) is 0 Å². The van der Waals surface area contributed by atoms with Gasteiger partial charge in [-0.25, -0.2) is 9.97 Å². The first kappa shape index (κ1) is 12.3. The van der Waals surface area contributed by atoms with Crippen molar-refractivity contribution in [2.45, 2.75) is 25.9 Å². The van der Waals surface area contributed by atoms with E-state index >= 15 is 0 Å². The number of benzene rings is 1. The molecule has 0 amide bonds. The summed E-state index contributed by atoms with van der Waals surface area (Å²) in [7, 11) is 0. The van der Waals surface area contributed by atoms with E-state index < -0.39 is 0 Å². The van der Waals surface area contributed by atoms with Crippen LogP contribution in [0.15, 0.2) is 30.6 Å². The van der Waals surface area contributed by atoms with Crippen LogP contribution in [-0.2, 0) is 0 Å². The minimum absolute atomic E-state index is 0.454. The lowest BCUT2D eigenvalue weighted by Crippen LogP contribution is -2.30. The van der Waals surface area contributed by atoms with E-state index in [1.807, 2.05) is 18.2 Å². The van der Waals surface area contributed by atoms with E-state index in [1.54, 1.807) is 6.33 Å². The Morgan fingerprint density at radius 2 is 1.84 bits per heavy atom. The van der Waals surface area contributed by atoms with Gasteiger partial charge in [-0.1, -0.05) is 12.1 Å². The number of hydrogen-bond acceptors (Lipinski definition) is 5. The van der Waals surface area contributed by atoms with E-state index in [2.05, 4.69) is 46.1 Å². The average Bonchev–Trinajstić information content (AvgIpc) is 2.76. The summed E-state index contributed by atoms with van der Waals surface area (Å²) >= 11 is 0. The molecule has 0 aliphatic carbocycles. The van der Waals surface area contributed by atoms with Crippen LogP contribution >= 0.6 is 0 Å². The van der Waals surface area contributed by atoms with Crippen molar-refractivity contribution >= 4 is 16.7 Å². The Labute approximate surface area is 112 Å². The molecule has 2 atom stereocenters. The summed E-state index contributed by atoms with van der Waals surface area (Å²) < 4.78 is 0. The van der Waals surface area contributed by atoms with Crippen LogP contribution in [0.4, 0.5) is 5.82 Å². The number of para-hydroxylation sites is 1. The zero-order chi connectivity index (χ0) is 13.2. The summed E-state index contributed by atoms with van der Waals surface area (Å²) in [5.74, 6) is 1.45. The highest BCUT2D eigenvalue weighted by Gasteiger charge is 2.29. The van der Waals surface area contributed by atoms with E-state index in [0.717, 1.165) is 23.3 Å². The Morgan fingerprint density at radius 1 is 1.11 bits per heavy atom. The lowest BCUT2D eigenvalue weighted by Gasteiger charge is -2.19. The second kappa shape index (κ2) is 5.11. The number of nitrogens with zero attached hydrogens (tertiary/aromatic N) is 2. The van der Waals surface area contributed by atoms with Gasteiger partial charge in [-0.05, 0) is 26.0 Å². The highest BCUT2D eigenvalue weighted by molar-refractivity contribution is 5.88. The Balaban J connectivity index is 1.78. The molecule has 1 aliphatic heterocycles. The summed E-state index contributed by atoms with van der Waals surface area (Å²) in [4.78, 5) is 8.63. The average molecular weight is 257 g/mol. The van der Waals surface area contributed by atoms with E-state index in [1.165, 1.54) is 0 Å². The molecular formula is C14H19N5. The molecule has 5 heteroatoms. The van der Waals surface area contributed by atoms with Gasteiger partial charge in [0.15, 0.2) is 0 Å².